The summed E-state index contributed by atoms with van der Waals surface area (Å²) in [5.74, 6) is 0.627. The van der Waals surface area contributed by atoms with E-state index in [0.29, 0.717) is 5.92 Å². The smallest absolute Gasteiger partial charge is 0.0371 e. The van der Waals surface area contributed by atoms with E-state index in [-0.39, 0.29) is 0 Å². The van der Waals surface area contributed by atoms with Crippen LogP contribution in [-0.2, 0) is 0 Å². The molecule has 18 heavy (non-hydrogen) atoms. The van der Waals surface area contributed by atoms with E-state index in [4.69, 9.17) is 0 Å². The maximum atomic E-state index is 2.63. The fraction of sp³-hybridized carbons (Fsp3) is 0.647. The van der Waals surface area contributed by atoms with Crippen molar-refractivity contribution in [1.82, 2.24) is 0 Å². The molecular weight excluding hydrogens is 218 g/mol. The molecule has 1 nitrogen and oxygen atoms in total. The van der Waals surface area contributed by atoms with Crippen LogP contribution in [0, 0.1) is 6.92 Å². The molecule has 0 N–H and O–H groups in total. The molecule has 0 spiro atoms. The highest BCUT2D eigenvalue weighted by Gasteiger charge is 2.21. The van der Waals surface area contributed by atoms with Crippen LogP contribution in [0.15, 0.2) is 18.2 Å². The Morgan fingerprint density at radius 1 is 1.28 bits per heavy atom. The van der Waals surface area contributed by atoms with E-state index in [0.717, 1.165) is 6.04 Å². The molecule has 0 aromatic heterocycles. The van der Waals surface area contributed by atoms with E-state index < -0.39 is 0 Å². The molecular formula is C17H27N. The van der Waals surface area contributed by atoms with Gasteiger partial charge in [0.05, 0.1) is 0 Å². The summed E-state index contributed by atoms with van der Waals surface area (Å²) in [5, 5.41) is 0. The second-order valence-corrected chi connectivity index (χ2v) is 5.95. The van der Waals surface area contributed by atoms with Gasteiger partial charge < -0.3 is 4.90 Å². The molecule has 2 rings (SSSR count). The molecule has 1 aromatic carbocycles. The Hall–Kier alpha value is -0.980. The van der Waals surface area contributed by atoms with Gasteiger partial charge in [-0.2, -0.15) is 0 Å². The minimum absolute atomic E-state index is 0.627. The molecule has 0 bridgehead atoms. The minimum Gasteiger partial charge on any atom is -0.369 e. The number of hydrogen-bond donors (Lipinski definition) is 0. The second-order valence-electron chi connectivity index (χ2n) is 5.95. The van der Waals surface area contributed by atoms with E-state index in [2.05, 4.69) is 50.8 Å². The molecule has 0 saturated carbocycles. The van der Waals surface area contributed by atoms with Gasteiger partial charge in [-0.1, -0.05) is 26.8 Å². The Morgan fingerprint density at radius 2 is 2.06 bits per heavy atom. The summed E-state index contributed by atoms with van der Waals surface area (Å²) in [6.45, 7) is 10.4. The highest BCUT2D eigenvalue weighted by Crippen LogP contribution is 2.29. The second kappa shape index (κ2) is 5.77. The fourth-order valence-corrected chi connectivity index (χ4v) is 3.25. The Labute approximate surface area is 112 Å². The first kappa shape index (κ1) is 13.5. The first-order chi connectivity index (χ1) is 8.63. The zero-order valence-corrected chi connectivity index (χ0v) is 12.4. The summed E-state index contributed by atoms with van der Waals surface area (Å²) in [6, 6.07) is 7.80. The van der Waals surface area contributed by atoms with Crippen molar-refractivity contribution in [2.75, 3.05) is 11.4 Å². The lowest BCUT2D eigenvalue weighted by Gasteiger charge is -2.37. The van der Waals surface area contributed by atoms with Crippen molar-refractivity contribution >= 4 is 5.69 Å². The van der Waals surface area contributed by atoms with Crippen molar-refractivity contribution in [3.8, 4) is 0 Å². The standard InChI is InChI=1S/C17H27N/c1-5-15-8-6-7-11-18(15)16-9-10-17(13(2)3)14(4)12-16/h9-10,12-13,15H,5-8,11H2,1-4H3. The molecule has 1 aliphatic heterocycles. The average molecular weight is 245 g/mol. The van der Waals surface area contributed by atoms with Crippen molar-refractivity contribution < 1.29 is 0 Å². The molecule has 0 radical (unpaired) electrons. The van der Waals surface area contributed by atoms with Crippen molar-refractivity contribution in [3.63, 3.8) is 0 Å². The number of aryl methyl sites for hydroxylation is 1. The summed E-state index contributed by atoms with van der Waals surface area (Å²) in [4.78, 5) is 2.63. The maximum absolute atomic E-state index is 2.63. The summed E-state index contributed by atoms with van der Waals surface area (Å²) in [6.07, 6.45) is 5.38. The van der Waals surface area contributed by atoms with Crippen LogP contribution in [0.25, 0.3) is 0 Å². The van der Waals surface area contributed by atoms with Crippen LogP contribution in [0.1, 0.15) is 63.5 Å². The van der Waals surface area contributed by atoms with Crippen LogP contribution < -0.4 is 4.90 Å². The topological polar surface area (TPSA) is 3.24 Å². The normalized spacial score (nSPS) is 20.5. The quantitative estimate of drug-likeness (QED) is 0.733. The summed E-state index contributed by atoms with van der Waals surface area (Å²) >= 11 is 0. The van der Waals surface area contributed by atoms with Crippen LogP contribution in [0.5, 0.6) is 0 Å². The first-order valence-electron chi connectivity index (χ1n) is 7.50. The van der Waals surface area contributed by atoms with Gasteiger partial charge in [-0.3, -0.25) is 0 Å². The Bertz CT molecular complexity index is 395. The molecule has 1 heterocycles. The Morgan fingerprint density at radius 3 is 2.67 bits per heavy atom. The molecule has 1 aliphatic rings. The van der Waals surface area contributed by atoms with Crippen molar-refractivity contribution in [2.45, 2.75) is 65.3 Å². The summed E-state index contributed by atoms with van der Waals surface area (Å²) in [5.41, 5.74) is 4.37. The summed E-state index contributed by atoms with van der Waals surface area (Å²) < 4.78 is 0. The van der Waals surface area contributed by atoms with E-state index in [9.17, 15) is 0 Å². The van der Waals surface area contributed by atoms with E-state index in [1.54, 1.807) is 0 Å². The van der Waals surface area contributed by atoms with Gasteiger partial charge >= 0.3 is 0 Å². The molecule has 1 saturated heterocycles. The lowest BCUT2D eigenvalue weighted by Crippen LogP contribution is -2.39. The third-order valence-electron chi connectivity index (χ3n) is 4.31. The summed E-state index contributed by atoms with van der Waals surface area (Å²) in [7, 11) is 0. The van der Waals surface area contributed by atoms with Crippen LogP contribution in [0.3, 0.4) is 0 Å². The zero-order chi connectivity index (χ0) is 13.1. The molecule has 0 amide bonds. The third kappa shape index (κ3) is 2.71. The van der Waals surface area contributed by atoms with Gasteiger partial charge in [0.1, 0.15) is 0 Å². The average Bonchev–Trinajstić information content (AvgIpc) is 2.38. The number of nitrogens with zero attached hydrogens (tertiary/aromatic N) is 1. The van der Waals surface area contributed by atoms with Crippen LogP contribution in [0.4, 0.5) is 5.69 Å². The first-order valence-corrected chi connectivity index (χ1v) is 7.50. The predicted molar refractivity (Wildman–Crippen MR) is 80.5 cm³/mol. The fourth-order valence-electron chi connectivity index (χ4n) is 3.25. The van der Waals surface area contributed by atoms with E-state index in [1.807, 2.05) is 0 Å². The highest BCUT2D eigenvalue weighted by molar-refractivity contribution is 5.52. The Balaban J connectivity index is 2.24. The SMILES string of the molecule is CCC1CCCCN1c1ccc(C(C)C)c(C)c1. The van der Waals surface area contributed by atoms with Crippen molar-refractivity contribution in [2.24, 2.45) is 0 Å². The van der Waals surface area contributed by atoms with Gasteiger partial charge in [-0.05, 0) is 61.8 Å². The van der Waals surface area contributed by atoms with Gasteiger partial charge in [0, 0.05) is 18.3 Å². The number of hydrogen-bond acceptors (Lipinski definition) is 1. The molecule has 1 aromatic rings. The zero-order valence-electron chi connectivity index (χ0n) is 12.4. The molecule has 1 unspecified atom stereocenters. The van der Waals surface area contributed by atoms with Crippen LogP contribution >= 0.6 is 0 Å². The maximum Gasteiger partial charge on any atom is 0.0371 e. The number of benzene rings is 1. The van der Waals surface area contributed by atoms with Crippen LogP contribution in [0.2, 0.25) is 0 Å². The molecule has 1 heteroatoms. The number of anilines is 1. The van der Waals surface area contributed by atoms with Gasteiger partial charge in [-0.15, -0.1) is 0 Å². The predicted octanol–water partition coefficient (Wildman–Crippen LogP) is 4.89. The Kier molecular flexibility index (Phi) is 4.31. The number of rotatable bonds is 3. The van der Waals surface area contributed by atoms with E-state index >= 15 is 0 Å². The molecule has 1 atom stereocenters. The molecule has 0 aliphatic carbocycles. The molecule has 100 valence electrons. The monoisotopic (exact) mass is 245 g/mol. The van der Waals surface area contributed by atoms with Crippen molar-refractivity contribution in [3.05, 3.63) is 29.3 Å². The van der Waals surface area contributed by atoms with Crippen molar-refractivity contribution in [1.29, 1.82) is 0 Å². The van der Waals surface area contributed by atoms with E-state index in [1.165, 1.54) is 49.0 Å². The van der Waals surface area contributed by atoms with Gasteiger partial charge in [0.25, 0.3) is 0 Å². The molecule has 1 fully saturated rings. The van der Waals surface area contributed by atoms with Gasteiger partial charge in [0.15, 0.2) is 0 Å². The van der Waals surface area contributed by atoms with Crippen LogP contribution in [-0.4, -0.2) is 12.6 Å². The lowest BCUT2D eigenvalue weighted by atomic mass is 9.95. The number of piperidine rings is 1. The van der Waals surface area contributed by atoms with Gasteiger partial charge in [-0.25, -0.2) is 0 Å². The van der Waals surface area contributed by atoms with Gasteiger partial charge in [0.2, 0.25) is 0 Å². The third-order valence-corrected chi connectivity index (χ3v) is 4.31. The lowest BCUT2D eigenvalue weighted by molar-refractivity contribution is 0.450. The largest absolute Gasteiger partial charge is 0.369 e. The highest BCUT2D eigenvalue weighted by atomic mass is 15.2. The minimum atomic E-state index is 0.627.